The van der Waals surface area contributed by atoms with Gasteiger partial charge in [-0.15, -0.1) is 0 Å². The Kier molecular flexibility index (Phi) is 8.62. The molecule has 1 saturated carbocycles. The van der Waals surface area contributed by atoms with E-state index in [-0.39, 0.29) is 18.6 Å². The van der Waals surface area contributed by atoms with Crippen LogP contribution in [0.25, 0.3) is 0 Å². The van der Waals surface area contributed by atoms with Crippen molar-refractivity contribution in [2.24, 2.45) is 11.8 Å². The van der Waals surface area contributed by atoms with Gasteiger partial charge < -0.3 is 14.9 Å². The molecule has 0 unspecified atom stereocenters. The van der Waals surface area contributed by atoms with Gasteiger partial charge in [-0.25, -0.2) is 0 Å². The zero-order valence-electron chi connectivity index (χ0n) is 13.3. The van der Waals surface area contributed by atoms with Crippen molar-refractivity contribution in [3.63, 3.8) is 0 Å². The van der Waals surface area contributed by atoms with Crippen molar-refractivity contribution in [1.82, 2.24) is 0 Å². The molecule has 0 aromatic rings. The minimum atomic E-state index is -0.735. The predicted octanol–water partition coefficient (Wildman–Crippen LogP) is 3.39. The lowest BCUT2D eigenvalue weighted by Gasteiger charge is -2.23. The van der Waals surface area contributed by atoms with Gasteiger partial charge in [0.25, 0.3) is 0 Å². The summed E-state index contributed by atoms with van der Waals surface area (Å²) in [5.74, 6) is -0.0211. The van der Waals surface area contributed by atoms with Crippen LogP contribution in [0.1, 0.15) is 58.3 Å². The highest BCUT2D eigenvalue weighted by atomic mass is 16.5. The fourth-order valence-electron chi connectivity index (χ4n) is 3.33. The van der Waals surface area contributed by atoms with Crippen LogP contribution in [-0.4, -0.2) is 35.5 Å². The molecular weight excluding hydrogens is 268 g/mol. The van der Waals surface area contributed by atoms with E-state index in [1.807, 2.05) is 0 Å². The minimum absolute atomic E-state index is 0.144. The van der Waals surface area contributed by atoms with Gasteiger partial charge in [0.05, 0.1) is 12.2 Å². The van der Waals surface area contributed by atoms with E-state index >= 15 is 0 Å². The Balaban J connectivity index is 2.43. The number of hydrogen-bond donors (Lipinski definition) is 2. The predicted molar refractivity (Wildman–Crippen MR) is 83.2 cm³/mol. The van der Waals surface area contributed by atoms with Crippen molar-refractivity contribution >= 4 is 5.97 Å². The molecule has 0 spiro atoms. The summed E-state index contributed by atoms with van der Waals surface area (Å²) >= 11 is 0. The summed E-state index contributed by atoms with van der Waals surface area (Å²) in [6, 6.07) is 0. The number of allylic oxidation sites excluding steroid dienone is 2. The summed E-state index contributed by atoms with van der Waals surface area (Å²) in [6.07, 6.45) is 10.8. The molecule has 4 nitrogen and oxygen atoms in total. The van der Waals surface area contributed by atoms with E-state index in [0.29, 0.717) is 18.3 Å². The van der Waals surface area contributed by atoms with Crippen molar-refractivity contribution in [2.45, 2.75) is 70.5 Å². The summed E-state index contributed by atoms with van der Waals surface area (Å²) in [5.41, 5.74) is 0. The van der Waals surface area contributed by atoms with Gasteiger partial charge in [-0.3, -0.25) is 4.79 Å². The van der Waals surface area contributed by atoms with Crippen molar-refractivity contribution in [1.29, 1.82) is 0 Å². The number of ether oxygens (including phenoxy) is 1. The van der Waals surface area contributed by atoms with Gasteiger partial charge in [0.15, 0.2) is 0 Å². The quantitative estimate of drug-likeness (QED) is 0.479. The first-order valence-corrected chi connectivity index (χ1v) is 8.17. The summed E-state index contributed by atoms with van der Waals surface area (Å²) in [6.45, 7) is 2.17. The smallest absolute Gasteiger partial charge is 0.303 e. The molecule has 21 heavy (non-hydrogen) atoms. The largest absolute Gasteiger partial charge is 0.481 e. The van der Waals surface area contributed by atoms with E-state index < -0.39 is 5.97 Å². The number of hydrogen-bond acceptors (Lipinski definition) is 3. The van der Waals surface area contributed by atoms with Crippen LogP contribution in [0, 0.1) is 11.8 Å². The Morgan fingerprint density at radius 2 is 2.05 bits per heavy atom. The third kappa shape index (κ3) is 6.18. The van der Waals surface area contributed by atoms with Crippen molar-refractivity contribution in [3.8, 4) is 0 Å². The van der Waals surface area contributed by atoms with Crippen LogP contribution in [0.15, 0.2) is 12.2 Å². The number of unbranched alkanes of at least 4 members (excludes halogenated alkanes) is 2. The van der Waals surface area contributed by atoms with Gasteiger partial charge in [-0.1, -0.05) is 31.9 Å². The summed E-state index contributed by atoms with van der Waals surface area (Å²) in [7, 11) is 1.73. The summed E-state index contributed by atoms with van der Waals surface area (Å²) < 4.78 is 5.54. The maximum absolute atomic E-state index is 10.4. The van der Waals surface area contributed by atoms with Crippen LogP contribution in [-0.2, 0) is 9.53 Å². The SMILES string of the molecule is CCCC[C@H]1[C@H](CC=CCCCC(=O)O)[C@H](OC)C[C@@H]1O. The zero-order valence-corrected chi connectivity index (χ0v) is 13.3. The van der Waals surface area contributed by atoms with Crippen LogP contribution < -0.4 is 0 Å². The topological polar surface area (TPSA) is 66.8 Å². The van der Waals surface area contributed by atoms with Crippen LogP contribution in [0.5, 0.6) is 0 Å². The second kappa shape index (κ2) is 9.96. The number of aliphatic carboxylic acids is 1. The molecule has 1 aliphatic rings. The van der Waals surface area contributed by atoms with Crippen LogP contribution >= 0.6 is 0 Å². The molecule has 2 N–H and O–H groups in total. The molecular formula is C17H30O4. The second-order valence-corrected chi connectivity index (χ2v) is 6.04. The summed E-state index contributed by atoms with van der Waals surface area (Å²) in [4.78, 5) is 10.4. The maximum atomic E-state index is 10.4. The van der Waals surface area contributed by atoms with Crippen LogP contribution in [0.2, 0.25) is 0 Å². The average molecular weight is 298 g/mol. The maximum Gasteiger partial charge on any atom is 0.303 e. The van der Waals surface area contributed by atoms with E-state index in [2.05, 4.69) is 19.1 Å². The molecule has 1 aliphatic carbocycles. The van der Waals surface area contributed by atoms with Gasteiger partial charge in [-0.05, 0) is 37.5 Å². The van der Waals surface area contributed by atoms with Crippen molar-refractivity contribution < 1.29 is 19.7 Å². The van der Waals surface area contributed by atoms with E-state index in [0.717, 1.165) is 38.5 Å². The molecule has 1 rings (SSSR count). The number of carboxylic acid groups (broad SMARTS) is 1. The lowest BCUT2D eigenvalue weighted by molar-refractivity contribution is -0.137. The van der Waals surface area contributed by atoms with Gasteiger partial charge in [0.1, 0.15) is 0 Å². The molecule has 4 heteroatoms. The van der Waals surface area contributed by atoms with Gasteiger partial charge in [0.2, 0.25) is 0 Å². The average Bonchev–Trinajstić information content (AvgIpc) is 2.75. The Bertz CT molecular complexity index is 327. The highest BCUT2D eigenvalue weighted by Crippen LogP contribution is 2.39. The van der Waals surface area contributed by atoms with E-state index in [4.69, 9.17) is 9.84 Å². The molecule has 0 saturated heterocycles. The lowest BCUT2D eigenvalue weighted by Crippen LogP contribution is -2.22. The Morgan fingerprint density at radius 1 is 1.29 bits per heavy atom. The highest BCUT2D eigenvalue weighted by Gasteiger charge is 2.41. The third-order valence-electron chi connectivity index (χ3n) is 4.53. The molecule has 122 valence electrons. The fourth-order valence-corrected chi connectivity index (χ4v) is 3.33. The second-order valence-electron chi connectivity index (χ2n) is 6.04. The first kappa shape index (κ1) is 18.2. The first-order valence-electron chi connectivity index (χ1n) is 8.17. The number of carbonyl (C=O) groups is 1. The van der Waals surface area contributed by atoms with Crippen molar-refractivity contribution in [2.75, 3.05) is 7.11 Å². The normalized spacial score (nSPS) is 29.3. The number of aliphatic hydroxyl groups excluding tert-OH is 1. The molecule has 0 aromatic carbocycles. The Hall–Kier alpha value is -0.870. The van der Waals surface area contributed by atoms with Gasteiger partial charge >= 0.3 is 5.97 Å². The molecule has 1 fully saturated rings. The third-order valence-corrected chi connectivity index (χ3v) is 4.53. The first-order chi connectivity index (χ1) is 10.1. The standard InChI is InChI=1S/C17H30O4/c1-3-4-9-13-14(16(21-2)12-15(13)18)10-7-5-6-8-11-17(19)20/h5,7,13-16,18H,3-4,6,8-12H2,1-2H3,(H,19,20)/t13-,14-,15-,16+/m0/s1. The number of rotatable bonds is 10. The molecule has 0 bridgehead atoms. The molecule has 0 radical (unpaired) electrons. The molecule has 0 amide bonds. The van der Waals surface area contributed by atoms with E-state index in [1.165, 1.54) is 0 Å². The minimum Gasteiger partial charge on any atom is -0.481 e. The number of methoxy groups -OCH3 is 1. The highest BCUT2D eigenvalue weighted by molar-refractivity contribution is 5.66. The lowest BCUT2D eigenvalue weighted by atomic mass is 9.86. The summed E-state index contributed by atoms with van der Waals surface area (Å²) in [5, 5.41) is 18.8. The Labute approximate surface area is 128 Å². The molecule has 0 heterocycles. The van der Waals surface area contributed by atoms with E-state index in [1.54, 1.807) is 7.11 Å². The molecule has 0 aromatic heterocycles. The Morgan fingerprint density at radius 3 is 2.67 bits per heavy atom. The number of carboxylic acids is 1. The monoisotopic (exact) mass is 298 g/mol. The molecule has 4 atom stereocenters. The van der Waals surface area contributed by atoms with Gasteiger partial charge in [-0.2, -0.15) is 0 Å². The van der Waals surface area contributed by atoms with Crippen LogP contribution in [0.3, 0.4) is 0 Å². The van der Waals surface area contributed by atoms with E-state index in [9.17, 15) is 9.90 Å². The number of aliphatic hydroxyl groups is 1. The van der Waals surface area contributed by atoms with Gasteiger partial charge in [0, 0.05) is 20.0 Å². The van der Waals surface area contributed by atoms with Crippen molar-refractivity contribution in [3.05, 3.63) is 12.2 Å². The fraction of sp³-hybridized carbons (Fsp3) is 0.824. The zero-order chi connectivity index (χ0) is 15.7. The molecule has 0 aliphatic heterocycles. The van der Waals surface area contributed by atoms with Crippen LogP contribution in [0.4, 0.5) is 0 Å².